The molecule has 2 aliphatic rings. The normalized spacial score (nSPS) is 19.2. The van der Waals surface area contributed by atoms with Crippen molar-refractivity contribution < 1.29 is 14.3 Å². The van der Waals surface area contributed by atoms with Crippen LogP contribution in [-0.2, 0) is 9.53 Å². The highest BCUT2D eigenvalue weighted by molar-refractivity contribution is 5.82. The molecule has 0 bridgehead atoms. The van der Waals surface area contributed by atoms with E-state index in [0.717, 1.165) is 38.2 Å². The molecule has 2 heterocycles. The van der Waals surface area contributed by atoms with Gasteiger partial charge in [0.1, 0.15) is 0 Å². The molecule has 0 radical (unpaired) electrons. The van der Waals surface area contributed by atoms with Crippen LogP contribution in [0.2, 0.25) is 0 Å². The van der Waals surface area contributed by atoms with Crippen LogP contribution in [0.15, 0.2) is 36.3 Å². The Morgan fingerprint density at radius 1 is 1.27 bits per heavy atom. The number of carbonyl (C=O) groups excluding carboxylic acids is 2. The van der Waals surface area contributed by atoms with Crippen LogP contribution in [0.25, 0.3) is 0 Å². The minimum absolute atomic E-state index is 0.157. The van der Waals surface area contributed by atoms with E-state index >= 15 is 0 Å². The topological polar surface area (TPSA) is 61.9 Å². The van der Waals surface area contributed by atoms with Gasteiger partial charge >= 0.3 is 6.09 Å². The third-order valence-corrected chi connectivity index (χ3v) is 4.85. The first-order chi connectivity index (χ1) is 12.4. The molecule has 0 spiro atoms. The Morgan fingerprint density at radius 2 is 1.96 bits per heavy atom. The zero-order valence-corrected chi connectivity index (χ0v) is 16.3. The molecule has 1 fully saturated rings. The lowest BCUT2D eigenvalue weighted by Gasteiger charge is -2.39. The smallest absolute Gasteiger partial charge is 0.417 e. The van der Waals surface area contributed by atoms with Gasteiger partial charge in [0, 0.05) is 43.1 Å². The quantitative estimate of drug-likeness (QED) is 0.816. The maximum absolute atomic E-state index is 12.5. The zero-order valence-electron chi connectivity index (χ0n) is 16.3. The summed E-state index contributed by atoms with van der Waals surface area (Å²) in [5.74, 6) is 0.614. The van der Waals surface area contributed by atoms with Gasteiger partial charge in [0.05, 0.1) is 6.61 Å². The molecule has 0 aromatic carbocycles. The first kappa shape index (κ1) is 20.1. The van der Waals surface area contributed by atoms with Crippen LogP contribution in [0.3, 0.4) is 0 Å². The van der Waals surface area contributed by atoms with Crippen LogP contribution in [0.1, 0.15) is 40.5 Å². The van der Waals surface area contributed by atoms with E-state index in [9.17, 15) is 9.59 Å². The van der Waals surface area contributed by atoms with E-state index in [1.54, 1.807) is 19.3 Å². The van der Waals surface area contributed by atoms with Gasteiger partial charge in [0.15, 0.2) is 0 Å². The van der Waals surface area contributed by atoms with Gasteiger partial charge in [-0.15, -0.1) is 0 Å². The Hall–Kier alpha value is -2.24. The molecule has 0 atom stereocenters. The second-order valence-corrected chi connectivity index (χ2v) is 7.51. The second kappa shape index (κ2) is 8.92. The average Bonchev–Trinajstić information content (AvgIpc) is 2.86. The number of nitrogens with one attached hydrogen (secondary N) is 1. The minimum Gasteiger partial charge on any atom is -0.449 e. The van der Waals surface area contributed by atoms with Crippen LogP contribution in [0.4, 0.5) is 4.79 Å². The van der Waals surface area contributed by atoms with Crippen LogP contribution in [0, 0.1) is 11.3 Å². The van der Waals surface area contributed by atoms with Crippen molar-refractivity contribution in [2.75, 3.05) is 26.2 Å². The summed E-state index contributed by atoms with van der Waals surface area (Å²) in [6, 6.07) is 0. The Bertz CT molecular complexity index is 599. The third-order valence-electron chi connectivity index (χ3n) is 4.85. The molecule has 1 saturated heterocycles. The standard InChI is InChI=1S/C20H31N3O3/c1-5-26-19(25)23-11-6-7-17(8-12-23)22-13-9-20(4,10-14-22)18(24)21-15-16(2)3/h6-8,11-12,16H,5,9-10,13-15H2,1-4H3,(H,21,24). The second-order valence-electron chi connectivity index (χ2n) is 7.51. The Balaban J connectivity index is 1.92. The number of likely N-dealkylation sites (tertiary alicyclic amines) is 1. The first-order valence-corrected chi connectivity index (χ1v) is 9.41. The number of carbonyl (C=O) groups is 2. The van der Waals surface area contributed by atoms with Gasteiger partial charge in [-0.25, -0.2) is 4.79 Å². The summed E-state index contributed by atoms with van der Waals surface area (Å²) in [6.45, 7) is 10.7. The van der Waals surface area contributed by atoms with Crippen molar-refractivity contribution in [2.45, 2.75) is 40.5 Å². The fourth-order valence-electron chi connectivity index (χ4n) is 3.02. The van der Waals surface area contributed by atoms with Crippen LogP contribution >= 0.6 is 0 Å². The van der Waals surface area contributed by atoms with Gasteiger partial charge in [-0.3, -0.25) is 9.69 Å². The number of nitrogens with zero attached hydrogens (tertiary/aromatic N) is 2. The van der Waals surface area contributed by atoms with E-state index < -0.39 is 0 Å². The van der Waals surface area contributed by atoms with Crippen LogP contribution in [-0.4, -0.2) is 48.0 Å². The summed E-state index contributed by atoms with van der Waals surface area (Å²) in [5, 5.41) is 3.07. The molecule has 0 saturated carbocycles. The number of rotatable bonds is 5. The number of ether oxygens (including phenoxy) is 1. The van der Waals surface area contributed by atoms with Crippen molar-refractivity contribution in [2.24, 2.45) is 11.3 Å². The predicted octanol–water partition coefficient (Wildman–Crippen LogP) is 3.24. The summed E-state index contributed by atoms with van der Waals surface area (Å²) in [4.78, 5) is 28.0. The summed E-state index contributed by atoms with van der Waals surface area (Å²) in [7, 11) is 0. The van der Waals surface area contributed by atoms with Gasteiger partial charge in [-0.05, 0) is 43.9 Å². The average molecular weight is 361 g/mol. The largest absolute Gasteiger partial charge is 0.449 e. The van der Waals surface area contributed by atoms with E-state index in [4.69, 9.17) is 4.74 Å². The third kappa shape index (κ3) is 5.13. The minimum atomic E-state index is -0.386. The lowest BCUT2D eigenvalue weighted by atomic mass is 9.79. The monoisotopic (exact) mass is 361 g/mol. The fourth-order valence-corrected chi connectivity index (χ4v) is 3.02. The fraction of sp³-hybridized carbons (Fsp3) is 0.600. The molecule has 0 aliphatic carbocycles. The van der Waals surface area contributed by atoms with Crippen molar-refractivity contribution in [3.63, 3.8) is 0 Å². The summed E-state index contributed by atoms with van der Waals surface area (Å²) in [6.07, 6.45) is 10.4. The molecule has 0 aromatic heterocycles. The van der Waals surface area contributed by atoms with E-state index in [1.165, 1.54) is 4.90 Å². The Morgan fingerprint density at radius 3 is 2.58 bits per heavy atom. The summed E-state index contributed by atoms with van der Waals surface area (Å²) >= 11 is 0. The van der Waals surface area contributed by atoms with E-state index in [-0.39, 0.29) is 17.4 Å². The van der Waals surface area contributed by atoms with Gasteiger partial charge in [-0.1, -0.05) is 20.8 Å². The van der Waals surface area contributed by atoms with Gasteiger partial charge in [0.25, 0.3) is 0 Å². The van der Waals surface area contributed by atoms with Crippen LogP contribution < -0.4 is 5.32 Å². The van der Waals surface area contributed by atoms with E-state index in [2.05, 4.69) is 31.0 Å². The summed E-state index contributed by atoms with van der Waals surface area (Å²) in [5.41, 5.74) is 0.727. The Labute approximate surface area is 156 Å². The van der Waals surface area contributed by atoms with E-state index in [0.29, 0.717) is 12.5 Å². The maximum atomic E-state index is 12.5. The molecule has 0 unspecified atom stereocenters. The molecule has 2 amide bonds. The van der Waals surface area contributed by atoms with Gasteiger partial charge < -0.3 is 15.0 Å². The molecular weight excluding hydrogens is 330 g/mol. The highest BCUT2D eigenvalue weighted by atomic mass is 16.5. The van der Waals surface area contributed by atoms with Crippen molar-refractivity contribution in [3.8, 4) is 0 Å². The molecule has 2 rings (SSSR count). The molecule has 0 aromatic rings. The number of amides is 2. The van der Waals surface area contributed by atoms with Gasteiger partial charge in [0.2, 0.25) is 5.91 Å². The molecule has 6 heteroatoms. The SMILES string of the molecule is CCOC(=O)N1C=CC=C(N2CCC(C)(C(=O)NCC(C)C)CC2)C=C1. The zero-order chi connectivity index (χ0) is 19.2. The van der Waals surface area contributed by atoms with Crippen molar-refractivity contribution in [3.05, 3.63) is 36.3 Å². The van der Waals surface area contributed by atoms with Crippen LogP contribution in [0.5, 0.6) is 0 Å². The number of hydrogen-bond acceptors (Lipinski definition) is 4. The van der Waals surface area contributed by atoms with E-state index in [1.807, 2.05) is 18.2 Å². The number of piperidine rings is 1. The number of allylic oxidation sites excluding steroid dienone is 3. The highest BCUT2D eigenvalue weighted by Crippen LogP contribution is 2.33. The number of hydrogen-bond donors (Lipinski definition) is 1. The molecule has 1 N–H and O–H groups in total. The first-order valence-electron chi connectivity index (χ1n) is 9.41. The van der Waals surface area contributed by atoms with Crippen molar-refractivity contribution in [1.82, 2.24) is 15.1 Å². The molecule has 144 valence electrons. The lowest BCUT2D eigenvalue weighted by molar-refractivity contribution is -0.132. The maximum Gasteiger partial charge on any atom is 0.417 e. The molecular formula is C20H31N3O3. The molecule has 2 aliphatic heterocycles. The Kier molecular flexibility index (Phi) is 6.89. The molecule has 26 heavy (non-hydrogen) atoms. The van der Waals surface area contributed by atoms with Crippen molar-refractivity contribution >= 4 is 12.0 Å². The predicted molar refractivity (Wildman–Crippen MR) is 102 cm³/mol. The van der Waals surface area contributed by atoms with Gasteiger partial charge in [-0.2, -0.15) is 0 Å². The summed E-state index contributed by atoms with van der Waals surface area (Å²) < 4.78 is 5.01. The lowest BCUT2D eigenvalue weighted by Crippen LogP contribution is -2.47. The molecule has 6 nitrogen and oxygen atoms in total. The van der Waals surface area contributed by atoms with Crippen molar-refractivity contribution in [1.29, 1.82) is 0 Å². The highest BCUT2D eigenvalue weighted by Gasteiger charge is 2.37.